The average Bonchev–Trinajstić information content (AvgIpc) is 3.03. The van der Waals surface area contributed by atoms with Gasteiger partial charge in [0.25, 0.3) is 0 Å². The summed E-state index contributed by atoms with van der Waals surface area (Å²) in [4.78, 5) is 12.8. The molecule has 0 saturated carbocycles. The van der Waals surface area contributed by atoms with Gasteiger partial charge < -0.3 is 5.32 Å². The van der Waals surface area contributed by atoms with E-state index in [1.165, 1.54) is 6.42 Å². The number of nitrogens with zero attached hydrogens (tertiary/aromatic N) is 4. The van der Waals surface area contributed by atoms with Crippen LogP contribution in [0.4, 0.5) is 0 Å². The molecular formula is C11H13N5. The molecule has 82 valence electrons. The first-order chi connectivity index (χ1) is 7.93. The molecule has 0 bridgehead atoms. The molecule has 1 fully saturated rings. The highest BCUT2D eigenvalue weighted by Crippen LogP contribution is 2.21. The predicted octanol–water partition coefficient (Wildman–Crippen LogP) is 1.09. The molecule has 0 amide bonds. The van der Waals surface area contributed by atoms with Gasteiger partial charge >= 0.3 is 0 Å². The fourth-order valence-corrected chi connectivity index (χ4v) is 1.99. The van der Waals surface area contributed by atoms with E-state index in [1.807, 2.05) is 17.0 Å². The summed E-state index contributed by atoms with van der Waals surface area (Å²) in [6.07, 6.45) is 11.3. The summed E-state index contributed by atoms with van der Waals surface area (Å²) in [6, 6.07) is 0.357. The summed E-state index contributed by atoms with van der Waals surface area (Å²) in [5.74, 6) is 0.823. The third kappa shape index (κ3) is 1.69. The van der Waals surface area contributed by atoms with Gasteiger partial charge in [-0.1, -0.05) is 0 Å². The van der Waals surface area contributed by atoms with E-state index in [4.69, 9.17) is 0 Å². The number of aromatic nitrogens is 4. The largest absolute Gasteiger partial charge is 0.309 e. The van der Waals surface area contributed by atoms with Crippen molar-refractivity contribution >= 4 is 0 Å². The van der Waals surface area contributed by atoms with Crippen LogP contribution < -0.4 is 5.32 Å². The predicted molar refractivity (Wildman–Crippen MR) is 59.1 cm³/mol. The number of nitrogens with one attached hydrogen (secondary N) is 1. The SMILES string of the molecule is c1cn(-c2cncc([C@@H]3CCCN3)n2)cn1. The number of hydrogen-bond acceptors (Lipinski definition) is 4. The van der Waals surface area contributed by atoms with Crippen LogP contribution in [0.15, 0.2) is 31.1 Å². The van der Waals surface area contributed by atoms with Gasteiger partial charge in [-0.15, -0.1) is 0 Å². The molecule has 0 aliphatic carbocycles. The standard InChI is InChI=1S/C11H13N5/c1-2-9(14-3-1)10-6-13-7-11(15-10)16-5-4-12-8-16/h4-9,14H,1-3H2/t9-/m0/s1. The molecule has 1 saturated heterocycles. The Morgan fingerprint density at radius 3 is 3.06 bits per heavy atom. The Kier molecular flexibility index (Phi) is 2.38. The molecule has 3 heterocycles. The van der Waals surface area contributed by atoms with E-state index in [0.29, 0.717) is 6.04 Å². The van der Waals surface area contributed by atoms with Crippen LogP contribution >= 0.6 is 0 Å². The normalized spacial score (nSPS) is 20.1. The van der Waals surface area contributed by atoms with E-state index in [-0.39, 0.29) is 0 Å². The molecule has 3 rings (SSSR count). The fourth-order valence-electron chi connectivity index (χ4n) is 1.99. The Morgan fingerprint density at radius 1 is 1.31 bits per heavy atom. The molecule has 2 aromatic heterocycles. The molecule has 0 unspecified atom stereocenters. The van der Waals surface area contributed by atoms with Gasteiger partial charge in [0.2, 0.25) is 0 Å². The summed E-state index contributed by atoms with van der Waals surface area (Å²) < 4.78 is 1.87. The van der Waals surface area contributed by atoms with E-state index in [0.717, 1.165) is 24.5 Å². The van der Waals surface area contributed by atoms with Gasteiger partial charge in [0.15, 0.2) is 5.82 Å². The highest BCUT2D eigenvalue weighted by atomic mass is 15.1. The Bertz CT molecular complexity index is 459. The zero-order valence-corrected chi connectivity index (χ0v) is 8.87. The monoisotopic (exact) mass is 215 g/mol. The van der Waals surface area contributed by atoms with Crippen molar-refractivity contribution in [2.75, 3.05) is 6.54 Å². The summed E-state index contributed by atoms with van der Waals surface area (Å²) in [7, 11) is 0. The van der Waals surface area contributed by atoms with Crippen molar-refractivity contribution in [3.05, 3.63) is 36.8 Å². The van der Waals surface area contributed by atoms with Crippen LogP contribution in [0, 0.1) is 0 Å². The number of hydrogen-bond donors (Lipinski definition) is 1. The van der Waals surface area contributed by atoms with Crippen LogP contribution in [-0.2, 0) is 0 Å². The minimum Gasteiger partial charge on any atom is -0.309 e. The van der Waals surface area contributed by atoms with Gasteiger partial charge in [-0.25, -0.2) is 9.97 Å². The third-order valence-electron chi connectivity index (χ3n) is 2.83. The Balaban J connectivity index is 1.93. The van der Waals surface area contributed by atoms with Crippen molar-refractivity contribution in [2.45, 2.75) is 18.9 Å². The highest BCUT2D eigenvalue weighted by molar-refractivity contribution is 5.21. The number of rotatable bonds is 2. The molecule has 5 nitrogen and oxygen atoms in total. The van der Waals surface area contributed by atoms with Gasteiger partial charge in [-0.2, -0.15) is 0 Å². The van der Waals surface area contributed by atoms with Gasteiger partial charge in [-0.3, -0.25) is 9.55 Å². The lowest BCUT2D eigenvalue weighted by Gasteiger charge is -2.10. The quantitative estimate of drug-likeness (QED) is 0.814. The molecule has 0 aromatic carbocycles. The molecule has 0 spiro atoms. The van der Waals surface area contributed by atoms with Crippen molar-refractivity contribution in [1.29, 1.82) is 0 Å². The topological polar surface area (TPSA) is 55.6 Å². The lowest BCUT2D eigenvalue weighted by molar-refractivity contribution is 0.621. The van der Waals surface area contributed by atoms with Gasteiger partial charge in [0, 0.05) is 12.4 Å². The Labute approximate surface area is 93.6 Å². The van der Waals surface area contributed by atoms with Crippen LogP contribution in [0.3, 0.4) is 0 Å². The van der Waals surface area contributed by atoms with Gasteiger partial charge in [0.05, 0.1) is 24.1 Å². The minimum atomic E-state index is 0.357. The zero-order chi connectivity index (χ0) is 10.8. The van der Waals surface area contributed by atoms with Crippen molar-refractivity contribution in [3.8, 4) is 5.82 Å². The van der Waals surface area contributed by atoms with Crippen molar-refractivity contribution in [2.24, 2.45) is 0 Å². The zero-order valence-electron chi connectivity index (χ0n) is 8.87. The second-order valence-electron chi connectivity index (χ2n) is 3.92. The molecule has 16 heavy (non-hydrogen) atoms. The Hall–Kier alpha value is -1.75. The van der Waals surface area contributed by atoms with Gasteiger partial charge in [0.1, 0.15) is 6.33 Å². The first-order valence-electron chi connectivity index (χ1n) is 5.47. The lowest BCUT2D eigenvalue weighted by atomic mass is 10.2. The third-order valence-corrected chi connectivity index (χ3v) is 2.83. The number of imidazole rings is 1. The van der Waals surface area contributed by atoms with Crippen LogP contribution in [0.5, 0.6) is 0 Å². The maximum atomic E-state index is 4.60. The highest BCUT2D eigenvalue weighted by Gasteiger charge is 2.18. The van der Waals surface area contributed by atoms with Crippen LogP contribution in [0.2, 0.25) is 0 Å². The Morgan fingerprint density at radius 2 is 2.31 bits per heavy atom. The maximum Gasteiger partial charge on any atom is 0.156 e. The smallest absolute Gasteiger partial charge is 0.156 e. The van der Waals surface area contributed by atoms with E-state index < -0.39 is 0 Å². The summed E-state index contributed by atoms with van der Waals surface area (Å²) >= 11 is 0. The first-order valence-corrected chi connectivity index (χ1v) is 5.47. The second kappa shape index (κ2) is 4.02. The molecule has 1 N–H and O–H groups in total. The fraction of sp³-hybridized carbons (Fsp3) is 0.364. The molecule has 0 radical (unpaired) electrons. The lowest BCUT2D eigenvalue weighted by Crippen LogP contribution is -2.15. The molecule has 1 aliphatic heterocycles. The van der Waals surface area contributed by atoms with E-state index in [2.05, 4.69) is 20.3 Å². The summed E-state index contributed by atoms with van der Waals surface area (Å²) in [6.45, 7) is 1.07. The molecule has 1 aliphatic rings. The minimum absolute atomic E-state index is 0.357. The van der Waals surface area contributed by atoms with Crippen LogP contribution in [0.1, 0.15) is 24.6 Å². The molecule has 1 atom stereocenters. The van der Waals surface area contributed by atoms with Crippen LogP contribution in [0.25, 0.3) is 5.82 Å². The average molecular weight is 215 g/mol. The second-order valence-corrected chi connectivity index (χ2v) is 3.92. The first kappa shape index (κ1) is 9.47. The van der Waals surface area contributed by atoms with Crippen LogP contribution in [-0.4, -0.2) is 26.1 Å². The summed E-state index contributed by atoms with van der Waals surface area (Å²) in [5.41, 5.74) is 1.02. The molecular weight excluding hydrogens is 202 g/mol. The summed E-state index contributed by atoms with van der Waals surface area (Å²) in [5, 5.41) is 3.42. The van der Waals surface area contributed by atoms with Crippen molar-refractivity contribution in [1.82, 2.24) is 24.8 Å². The van der Waals surface area contributed by atoms with E-state index in [1.54, 1.807) is 18.7 Å². The maximum absolute atomic E-state index is 4.60. The van der Waals surface area contributed by atoms with Crippen molar-refractivity contribution in [3.63, 3.8) is 0 Å². The van der Waals surface area contributed by atoms with E-state index >= 15 is 0 Å². The molecule has 2 aromatic rings. The van der Waals surface area contributed by atoms with Crippen molar-refractivity contribution < 1.29 is 0 Å². The van der Waals surface area contributed by atoms with E-state index in [9.17, 15) is 0 Å². The molecule has 5 heteroatoms. The van der Waals surface area contributed by atoms with Gasteiger partial charge in [-0.05, 0) is 19.4 Å².